The number of rotatable bonds is 6. The van der Waals surface area contributed by atoms with Crippen LogP contribution < -0.4 is 16.5 Å². The van der Waals surface area contributed by atoms with Gasteiger partial charge in [-0.2, -0.15) is 0 Å². The third kappa shape index (κ3) is 4.60. The maximum absolute atomic E-state index is 13.5. The highest BCUT2D eigenvalue weighted by Gasteiger charge is 2.21. The average molecular weight is 484 g/mol. The molecule has 0 unspecified atom stereocenters. The van der Waals surface area contributed by atoms with E-state index < -0.39 is 5.97 Å². The van der Waals surface area contributed by atoms with Gasteiger partial charge < -0.3 is 20.2 Å². The van der Waals surface area contributed by atoms with E-state index in [1.54, 1.807) is 38.4 Å². The van der Waals surface area contributed by atoms with Gasteiger partial charge in [0.15, 0.2) is 5.43 Å². The number of esters is 1. The van der Waals surface area contributed by atoms with Crippen LogP contribution in [-0.4, -0.2) is 26.3 Å². The van der Waals surface area contributed by atoms with Gasteiger partial charge in [0.25, 0.3) is 0 Å². The van der Waals surface area contributed by atoms with E-state index in [9.17, 15) is 9.59 Å². The molecule has 0 aliphatic carbocycles. The van der Waals surface area contributed by atoms with E-state index in [1.165, 1.54) is 7.11 Å². The topological polar surface area (TPSA) is 107 Å². The van der Waals surface area contributed by atoms with E-state index in [0.29, 0.717) is 39.2 Å². The molecule has 184 valence electrons. The summed E-state index contributed by atoms with van der Waals surface area (Å²) in [5.41, 5.74) is 11.8. The first kappa shape index (κ1) is 24.7. The molecule has 0 spiro atoms. The zero-order valence-electron chi connectivity index (χ0n) is 21.0. The van der Waals surface area contributed by atoms with Gasteiger partial charge in [-0.05, 0) is 62.7 Å². The normalized spacial score (nSPS) is 12.1. The van der Waals surface area contributed by atoms with E-state index in [0.717, 1.165) is 22.3 Å². The Bertz CT molecular complexity index is 1550. The Morgan fingerprint density at radius 3 is 2.61 bits per heavy atom. The van der Waals surface area contributed by atoms with Crippen molar-refractivity contribution >= 4 is 34.5 Å². The number of para-hydroxylation sites is 1. The number of aliphatic imine (C=N–C) groups is 1. The minimum absolute atomic E-state index is 0.0964. The molecule has 0 saturated heterocycles. The summed E-state index contributed by atoms with van der Waals surface area (Å²) in [5, 5.41) is 3.90. The summed E-state index contributed by atoms with van der Waals surface area (Å²) in [7, 11) is 3.03. The summed E-state index contributed by atoms with van der Waals surface area (Å²) in [6.45, 7) is 5.67. The number of benzene rings is 3. The molecular formula is C29H29N3O4. The number of fused-ring (bicyclic) bond motifs is 1. The van der Waals surface area contributed by atoms with Crippen LogP contribution in [-0.2, 0) is 4.74 Å². The molecule has 36 heavy (non-hydrogen) atoms. The van der Waals surface area contributed by atoms with Crippen LogP contribution in [0.4, 0.5) is 11.4 Å². The molecule has 1 heterocycles. The van der Waals surface area contributed by atoms with Gasteiger partial charge in [0.05, 0.1) is 24.1 Å². The lowest BCUT2D eigenvalue weighted by Gasteiger charge is -2.20. The lowest BCUT2D eigenvalue weighted by atomic mass is 9.98. The minimum Gasteiger partial charge on any atom is -0.465 e. The monoisotopic (exact) mass is 483 g/mol. The summed E-state index contributed by atoms with van der Waals surface area (Å²) < 4.78 is 11.4. The van der Waals surface area contributed by atoms with Crippen molar-refractivity contribution in [2.24, 2.45) is 4.99 Å². The number of carbonyl (C=O) groups is 1. The first-order valence-electron chi connectivity index (χ1n) is 11.6. The second-order valence-corrected chi connectivity index (χ2v) is 8.75. The zero-order valence-corrected chi connectivity index (χ0v) is 21.0. The van der Waals surface area contributed by atoms with Gasteiger partial charge in [0.2, 0.25) is 0 Å². The third-order valence-electron chi connectivity index (χ3n) is 6.18. The number of nitrogens with one attached hydrogen (secondary N) is 1. The fourth-order valence-corrected chi connectivity index (χ4v) is 4.34. The molecule has 0 radical (unpaired) electrons. The van der Waals surface area contributed by atoms with Gasteiger partial charge >= 0.3 is 5.97 Å². The van der Waals surface area contributed by atoms with Crippen molar-refractivity contribution in [1.29, 1.82) is 0 Å². The quantitative estimate of drug-likeness (QED) is 0.208. The van der Waals surface area contributed by atoms with Crippen molar-refractivity contribution in [3.8, 4) is 11.3 Å². The van der Waals surface area contributed by atoms with Crippen LogP contribution >= 0.6 is 0 Å². The predicted octanol–water partition coefficient (Wildman–Crippen LogP) is 5.67. The van der Waals surface area contributed by atoms with Crippen molar-refractivity contribution in [3.05, 3.63) is 92.6 Å². The van der Waals surface area contributed by atoms with Crippen molar-refractivity contribution in [2.75, 3.05) is 25.2 Å². The Morgan fingerprint density at radius 2 is 1.89 bits per heavy atom. The lowest BCUT2D eigenvalue weighted by molar-refractivity contribution is 0.0602. The second-order valence-electron chi connectivity index (χ2n) is 8.75. The Balaban J connectivity index is 1.89. The second kappa shape index (κ2) is 10.1. The smallest absolute Gasteiger partial charge is 0.339 e. The summed E-state index contributed by atoms with van der Waals surface area (Å²) in [4.78, 5) is 29.8. The maximum atomic E-state index is 13.5. The standard InChI is InChI=1S/C29H29N3O4/c1-16-12-22(18(3)32-25-9-7-6-8-21(25)29(34)35-5)28-23(13-16)26(33)17(2)27(36-28)19-10-11-24(30)20(14-19)15-31-4/h6-15,18,32H,30H2,1-5H3/t18-/m1/s1. The van der Waals surface area contributed by atoms with E-state index in [4.69, 9.17) is 14.9 Å². The van der Waals surface area contributed by atoms with E-state index >= 15 is 0 Å². The van der Waals surface area contributed by atoms with E-state index in [-0.39, 0.29) is 11.5 Å². The molecule has 0 aliphatic heterocycles. The number of hydrogen-bond donors (Lipinski definition) is 2. The van der Waals surface area contributed by atoms with Crippen molar-refractivity contribution < 1.29 is 13.9 Å². The van der Waals surface area contributed by atoms with Crippen LogP contribution in [0.1, 0.15) is 45.6 Å². The average Bonchev–Trinajstić information content (AvgIpc) is 2.87. The Kier molecular flexibility index (Phi) is 6.92. The predicted molar refractivity (Wildman–Crippen MR) is 145 cm³/mol. The van der Waals surface area contributed by atoms with Crippen molar-refractivity contribution in [2.45, 2.75) is 26.8 Å². The lowest BCUT2D eigenvalue weighted by Crippen LogP contribution is -2.14. The van der Waals surface area contributed by atoms with Crippen LogP contribution in [0.25, 0.3) is 22.3 Å². The molecule has 4 rings (SSSR count). The van der Waals surface area contributed by atoms with Crippen LogP contribution in [0.5, 0.6) is 0 Å². The van der Waals surface area contributed by atoms with Crippen LogP contribution in [0.2, 0.25) is 0 Å². The highest BCUT2D eigenvalue weighted by molar-refractivity contribution is 5.96. The molecule has 0 aliphatic rings. The number of anilines is 2. The molecule has 1 aromatic heterocycles. The molecule has 1 atom stereocenters. The molecule has 4 aromatic rings. The SMILES string of the molecule is CN=Cc1cc(-c2oc3c([C@@H](C)Nc4ccccc4C(=O)OC)cc(C)cc3c(=O)c2C)ccc1N. The number of ether oxygens (including phenoxy) is 1. The molecule has 3 N–H and O–H groups in total. The van der Waals surface area contributed by atoms with Crippen molar-refractivity contribution in [3.63, 3.8) is 0 Å². The fraction of sp³-hybridized carbons (Fsp3) is 0.207. The van der Waals surface area contributed by atoms with Gasteiger partial charge in [-0.15, -0.1) is 0 Å². The highest BCUT2D eigenvalue weighted by Crippen LogP contribution is 2.33. The molecular weight excluding hydrogens is 454 g/mol. The summed E-state index contributed by atoms with van der Waals surface area (Å²) >= 11 is 0. The minimum atomic E-state index is -0.432. The van der Waals surface area contributed by atoms with Crippen LogP contribution in [0, 0.1) is 13.8 Å². The number of aryl methyl sites for hydroxylation is 1. The first-order chi connectivity index (χ1) is 17.2. The number of nitrogens with zero attached hydrogens (tertiary/aromatic N) is 1. The molecule has 0 amide bonds. The fourth-order valence-electron chi connectivity index (χ4n) is 4.34. The van der Waals surface area contributed by atoms with Gasteiger partial charge in [-0.25, -0.2) is 4.79 Å². The van der Waals surface area contributed by atoms with Gasteiger partial charge in [-0.1, -0.05) is 18.2 Å². The van der Waals surface area contributed by atoms with Gasteiger partial charge in [0.1, 0.15) is 11.3 Å². The number of carbonyl (C=O) groups excluding carboxylic acids is 1. The molecule has 3 aromatic carbocycles. The van der Waals surface area contributed by atoms with Crippen LogP contribution in [0.15, 0.2) is 68.8 Å². The summed E-state index contributed by atoms with van der Waals surface area (Å²) in [5.74, 6) is 0.0455. The molecule has 7 heteroatoms. The maximum Gasteiger partial charge on any atom is 0.339 e. The number of hydrogen-bond acceptors (Lipinski definition) is 7. The summed E-state index contributed by atoms with van der Waals surface area (Å²) in [6, 6.07) is 16.2. The molecule has 0 saturated carbocycles. The Labute approximate surface area is 209 Å². The van der Waals surface area contributed by atoms with Gasteiger partial charge in [-0.3, -0.25) is 9.79 Å². The highest BCUT2D eigenvalue weighted by atomic mass is 16.5. The van der Waals surface area contributed by atoms with E-state index in [2.05, 4.69) is 10.3 Å². The largest absolute Gasteiger partial charge is 0.465 e. The number of nitrogens with two attached hydrogens (primary N) is 1. The number of methoxy groups -OCH3 is 1. The molecule has 7 nitrogen and oxygen atoms in total. The zero-order chi connectivity index (χ0) is 26.0. The third-order valence-corrected chi connectivity index (χ3v) is 6.18. The Morgan fingerprint density at radius 1 is 1.14 bits per heavy atom. The van der Waals surface area contributed by atoms with Crippen molar-refractivity contribution in [1.82, 2.24) is 0 Å². The Hall–Kier alpha value is -4.39. The van der Waals surface area contributed by atoms with Crippen LogP contribution in [0.3, 0.4) is 0 Å². The van der Waals surface area contributed by atoms with Gasteiger partial charge in [0, 0.05) is 46.9 Å². The van der Waals surface area contributed by atoms with E-state index in [1.807, 2.05) is 50.2 Å². The molecule has 0 fully saturated rings. The molecule has 0 bridgehead atoms. The summed E-state index contributed by atoms with van der Waals surface area (Å²) in [6.07, 6.45) is 1.67. The first-order valence-corrected chi connectivity index (χ1v) is 11.6. The number of nitrogen functional groups attached to an aromatic ring is 1.